The molecule has 3 aromatic carbocycles. The minimum absolute atomic E-state index is 0.0918. The Bertz CT molecular complexity index is 1140. The maximum atomic E-state index is 13.0. The Kier molecular flexibility index (Phi) is 11.5. The van der Waals surface area contributed by atoms with Gasteiger partial charge in [0.2, 0.25) is 5.91 Å². The van der Waals surface area contributed by atoms with E-state index in [2.05, 4.69) is 16.0 Å². The summed E-state index contributed by atoms with van der Waals surface area (Å²) in [5, 5.41) is 8.17. The summed E-state index contributed by atoms with van der Waals surface area (Å²) in [6.07, 6.45) is 0.312. The number of carbonyl (C=O) groups is 3. The van der Waals surface area contributed by atoms with E-state index in [9.17, 15) is 14.4 Å². The highest BCUT2D eigenvalue weighted by molar-refractivity contribution is 5.96. The Balaban J connectivity index is 1.46. The summed E-state index contributed by atoms with van der Waals surface area (Å²) >= 11 is 0. The van der Waals surface area contributed by atoms with Gasteiger partial charge in [0.15, 0.2) is 0 Å². The molecule has 1 unspecified atom stereocenters. The van der Waals surface area contributed by atoms with Crippen LogP contribution in [0.5, 0.6) is 5.75 Å². The molecule has 0 heterocycles. The number of unbranched alkanes of at least 4 members (excludes halogenated alkanes) is 1. The molecule has 0 bridgehead atoms. The maximum Gasteiger partial charge on any atom is 0.408 e. The number of alkyl carbamates (subject to hydrolysis) is 2. The van der Waals surface area contributed by atoms with Crippen molar-refractivity contribution in [3.63, 3.8) is 0 Å². The molecule has 38 heavy (non-hydrogen) atoms. The summed E-state index contributed by atoms with van der Waals surface area (Å²) < 4.78 is 15.6. The van der Waals surface area contributed by atoms with Crippen LogP contribution in [-0.2, 0) is 27.5 Å². The van der Waals surface area contributed by atoms with E-state index < -0.39 is 18.2 Å². The van der Waals surface area contributed by atoms with Gasteiger partial charge in [-0.1, -0.05) is 60.7 Å². The van der Waals surface area contributed by atoms with E-state index in [-0.39, 0.29) is 19.1 Å². The standard InChI is InChI=1S/C29H33N3O6/c1-36-25-17-15-24(16-18-25)31-27(33)26(32-29(35)38-21-23-12-6-3-7-13-23)14-8-9-19-30-28(34)37-20-22-10-4-2-5-11-22/h2-7,10-13,15-18,26H,8-9,14,19-21H2,1H3,(H,30,34)(H,31,33)(H,32,35). The van der Waals surface area contributed by atoms with Crippen LogP contribution >= 0.6 is 0 Å². The molecule has 200 valence electrons. The van der Waals surface area contributed by atoms with E-state index in [4.69, 9.17) is 14.2 Å². The van der Waals surface area contributed by atoms with Gasteiger partial charge in [0.05, 0.1) is 7.11 Å². The highest BCUT2D eigenvalue weighted by atomic mass is 16.6. The Morgan fingerprint density at radius 3 is 1.89 bits per heavy atom. The molecule has 3 aromatic rings. The maximum absolute atomic E-state index is 13.0. The summed E-state index contributed by atoms with van der Waals surface area (Å²) in [6, 6.07) is 24.7. The summed E-state index contributed by atoms with van der Waals surface area (Å²) in [4.78, 5) is 37.3. The third kappa shape index (κ3) is 10.2. The molecule has 0 aromatic heterocycles. The summed E-state index contributed by atoms with van der Waals surface area (Å²) in [5.74, 6) is 0.291. The molecule has 9 heteroatoms. The molecule has 0 radical (unpaired) electrons. The number of ether oxygens (including phenoxy) is 3. The van der Waals surface area contributed by atoms with E-state index in [0.717, 1.165) is 11.1 Å². The average molecular weight is 520 g/mol. The van der Waals surface area contributed by atoms with Crippen LogP contribution in [0.4, 0.5) is 15.3 Å². The van der Waals surface area contributed by atoms with Crippen molar-refractivity contribution in [2.45, 2.75) is 38.5 Å². The van der Waals surface area contributed by atoms with E-state index in [1.165, 1.54) is 0 Å². The van der Waals surface area contributed by atoms with Crippen molar-refractivity contribution in [2.24, 2.45) is 0 Å². The lowest BCUT2D eigenvalue weighted by molar-refractivity contribution is -0.118. The molecule has 0 aliphatic rings. The second-order valence-corrected chi connectivity index (χ2v) is 8.46. The Morgan fingerprint density at radius 2 is 1.32 bits per heavy atom. The summed E-state index contributed by atoms with van der Waals surface area (Å²) in [7, 11) is 1.56. The van der Waals surface area contributed by atoms with E-state index in [1.54, 1.807) is 31.4 Å². The van der Waals surface area contributed by atoms with Gasteiger partial charge in [0.25, 0.3) is 0 Å². The van der Waals surface area contributed by atoms with Gasteiger partial charge >= 0.3 is 12.2 Å². The molecule has 1 atom stereocenters. The second kappa shape index (κ2) is 15.6. The van der Waals surface area contributed by atoms with Gasteiger partial charge in [-0.05, 0) is 54.7 Å². The Labute approximate surface area is 222 Å². The predicted molar refractivity (Wildman–Crippen MR) is 144 cm³/mol. The number of hydrogen-bond donors (Lipinski definition) is 3. The molecule has 0 aliphatic heterocycles. The summed E-state index contributed by atoms with van der Waals surface area (Å²) in [6.45, 7) is 0.655. The molecular weight excluding hydrogens is 486 g/mol. The van der Waals surface area contributed by atoms with Crippen LogP contribution in [0.15, 0.2) is 84.9 Å². The third-order valence-electron chi connectivity index (χ3n) is 5.58. The molecule has 0 spiro atoms. The zero-order valence-electron chi connectivity index (χ0n) is 21.4. The number of amides is 3. The highest BCUT2D eigenvalue weighted by Crippen LogP contribution is 2.16. The number of hydrogen-bond acceptors (Lipinski definition) is 6. The van der Waals surface area contributed by atoms with Gasteiger partial charge in [-0.25, -0.2) is 9.59 Å². The van der Waals surface area contributed by atoms with Crippen LogP contribution in [0, 0.1) is 0 Å². The zero-order valence-corrected chi connectivity index (χ0v) is 21.4. The van der Waals surface area contributed by atoms with Crippen molar-refractivity contribution in [3.8, 4) is 5.75 Å². The first kappa shape index (κ1) is 28.0. The van der Waals surface area contributed by atoms with Crippen molar-refractivity contribution < 1.29 is 28.6 Å². The van der Waals surface area contributed by atoms with Gasteiger partial charge in [-0.15, -0.1) is 0 Å². The first-order valence-electron chi connectivity index (χ1n) is 12.4. The normalized spacial score (nSPS) is 11.1. The first-order valence-corrected chi connectivity index (χ1v) is 12.4. The van der Waals surface area contributed by atoms with Crippen molar-refractivity contribution in [2.75, 3.05) is 19.0 Å². The number of carbonyl (C=O) groups excluding carboxylic acids is 3. The van der Waals surface area contributed by atoms with Gasteiger partial charge < -0.3 is 30.2 Å². The number of methoxy groups -OCH3 is 1. The highest BCUT2D eigenvalue weighted by Gasteiger charge is 2.21. The van der Waals surface area contributed by atoms with Crippen LogP contribution in [-0.4, -0.2) is 37.8 Å². The lowest BCUT2D eigenvalue weighted by atomic mass is 10.1. The van der Waals surface area contributed by atoms with Crippen molar-refractivity contribution in [3.05, 3.63) is 96.1 Å². The van der Waals surface area contributed by atoms with E-state index in [0.29, 0.717) is 37.2 Å². The average Bonchev–Trinajstić information content (AvgIpc) is 2.95. The van der Waals surface area contributed by atoms with Gasteiger partial charge in [0.1, 0.15) is 25.0 Å². The van der Waals surface area contributed by atoms with Gasteiger partial charge in [-0.3, -0.25) is 4.79 Å². The molecule has 3 amide bonds. The van der Waals surface area contributed by atoms with Crippen molar-refractivity contribution >= 4 is 23.8 Å². The van der Waals surface area contributed by atoms with Crippen LogP contribution < -0.4 is 20.7 Å². The number of anilines is 1. The summed E-state index contributed by atoms with van der Waals surface area (Å²) in [5.41, 5.74) is 2.31. The molecular formula is C29H33N3O6. The second-order valence-electron chi connectivity index (χ2n) is 8.46. The fourth-order valence-electron chi connectivity index (χ4n) is 3.52. The number of rotatable bonds is 13. The lowest BCUT2D eigenvalue weighted by Crippen LogP contribution is -2.44. The zero-order chi connectivity index (χ0) is 27.0. The monoisotopic (exact) mass is 519 g/mol. The first-order chi connectivity index (χ1) is 18.5. The SMILES string of the molecule is COc1ccc(NC(=O)C(CCCCNC(=O)OCc2ccccc2)NC(=O)OCc2ccccc2)cc1. The Hall–Kier alpha value is -4.53. The minimum Gasteiger partial charge on any atom is -0.497 e. The van der Waals surface area contributed by atoms with E-state index >= 15 is 0 Å². The van der Waals surface area contributed by atoms with Gasteiger partial charge in [0, 0.05) is 12.2 Å². The van der Waals surface area contributed by atoms with Crippen LogP contribution in [0.1, 0.15) is 30.4 Å². The number of nitrogens with one attached hydrogen (secondary N) is 3. The molecule has 0 fully saturated rings. The molecule has 0 aliphatic carbocycles. The van der Waals surface area contributed by atoms with E-state index in [1.807, 2.05) is 60.7 Å². The Morgan fingerprint density at radius 1 is 0.737 bits per heavy atom. The van der Waals surface area contributed by atoms with Crippen molar-refractivity contribution in [1.82, 2.24) is 10.6 Å². The number of benzene rings is 3. The lowest BCUT2D eigenvalue weighted by Gasteiger charge is -2.18. The fraction of sp³-hybridized carbons (Fsp3) is 0.276. The van der Waals surface area contributed by atoms with Crippen LogP contribution in [0.3, 0.4) is 0 Å². The van der Waals surface area contributed by atoms with Crippen LogP contribution in [0.2, 0.25) is 0 Å². The minimum atomic E-state index is -0.828. The molecule has 3 rings (SSSR count). The fourth-order valence-corrected chi connectivity index (χ4v) is 3.52. The topological polar surface area (TPSA) is 115 Å². The molecule has 9 nitrogen and oxygen atoms in total. The van der Waals surface area contributed by atoms with Gasteiger partial charge in [-0.2, -0.15) is 0 Å². The van der Waals surface area contributed by atoms with Crippen LogP contribution in [0.25, 0.3) is 0 Å². The molecule has 0 saturated heterocycles. The smallest absolute Gasteiger partial charge is 0.408 e. The third-order valence-corrected chi connectivity index (χ3v) is 5.58. The predicted octanol–water partition coefficient (Wildman–Crippen LogP) is 5.03. The quantitative estimate of drug-likeness (QED) is 0.273. The molecule has 3 N–H and O–H groups in total. The largest absolute Gasteiger partial charge is 0.497 e. The molecule has 0 saturated carbocycles. The van der Waals surface area contributed by atoms with Crippen molar-refractivity contribution in [1.29, 1.82) is 0 Å².